The van der Waals surface area contributed by atoms with Crippen molar-refractivity contribution in [2.45, 2.75) is 32.7 Å². The first-order chi connectivity index (χ1) is 13.9. The second-order valence-electron chi connectivity index (χ2n) is 7.14. The van der Waals surface area contributed by atoms with Gasteiger partial charge in [0.2, 0.25) is 0 Å². The van der Waals surface area contributed by atoms with Gasteiger partial charge in [0.25, 0.3) is 11.7 Å². The molecule has 2 aromatic rings. The Morgan fingerprint density at radius 2 is 1.83 bits per heavy atom. The van der Waals surface area contributed by atoms with E-state index in [2.05, 4.69) is 0 Å². The van der Waals surface area contributed by atoms with E-state index in [1.165, 1.54) is 18.1 Å². The third kappa shape index (κ3) is 3.83. The number of amides is 1. The van der Waals surface area contributed by atoms with Gasteiger partial charge in [0, 0.05) is 12.1 Å². The van der Waals surface area contributed by atoms with Gasteiger partial charge in [0.15, 0.2) is 11.5 Å². The zero-order valence-corrected chi connectivity index (χ0v) is 16.8. The number of ketones is 1. The Hall–Kier alpha value is -3.28. The summed E-state index contributed by atoms with van der Waals surface area (Å²) in [6.45, 7) is 4.32. The van der Waals surface area contributed by atoms with Gasteiger partial charge in [-0.1, -0.05) is 49.2 Å². The van der Waals surface area contributed by atoms with Gasteiger partial charge >= 0.3 is 0 Å². The summed E-state index contributed by atoms with van der Waals surface area (Å²) in [5, 5.41) is 20.9. The van der Waals surface area contributed by atoms with Crippen molar-refractivity contribution < 1.29 is 24.5 Å². The zero-order valence-electron chi connectivity index (χ0n) is 16.8. The fourth-order valence-electron chi connectivity index (χ4n) is 3.52. The van der Waals surface area contributed by atoms with Crippen LogP contribution in [0.15, 0.2) is 48.0 Å². The molecule has 0 spiro atoms. The maximum atomic E-state index is 12.9. The van der Waals surface area contributed by atoms with Crippen molar-refractivity contribution in [3.8, 4) is 11.5 Å². The van der Waals surface area contributed by atoms with Gasteiger partial charge in [0.1, 0.15) is 5.76 Å². The van der Waals surface area contributed by atoms with Gasteiger partial charge in [-0.2, -0.15) is 0 Å². The summed E-state index contributed by atoms with van der Waals surface area (Å²) in [4.78, 5) is 27.1. The van der Waals surface area contributed by atoms with Crippen LogP contribution in [0.2, 0.25) is 0 Å². The monoisotopic (exact) mass is 395 g/mol. The van der Waals surface area contributed by atoms with Crippen LogP contribution >= 0.6 is 0 Å². The van der Waals surface area contributed by atoms with Gasteiger partial charge in [-0.05, 0) is 31.0 Å². The lowest BCUT2D eigenvalue weighted by atomic mass is 9.94. The van der Waals surface area contributed by atoms with Crippen molar-refractivity contribution in [2.75, 3.05) is 13.7 Å². The number of carbonyl (C=O) groups is 2. The van der Waals surface area contributed by atoms with Crippen molar-refractivity contribution in [3.05, 3.63) is 64.7 Å². The lowest BCUT2D eigenvalue weighted by Crippen LogP contribution is -2.30. The topological polar surface area (TPSA) is 87.1 Å². The first-order valence-electron chi connectivity index (χ1n) is 9.61. The number of aliphatic hydroxyl groups is 1. The molecule has 1 atom stereocenters. The standard InChI is InChI=1S/C23H25NO5/c1-4-5-12-24-20(16-10-11-17(25)18(13-16)29-3)19(22(27)23(24)28)21(26)15-8-6-14(2)7-9-15/h6-11,13,20,25-26H,4-5,12H2,1-3H3/t20-/m1/s1. The molecular weight excluding hydrogens is 370 g/mol. The second kappa shape index (κ2) is 8.39. The Morgan fingerprint density at radius 3 is 2.45 bits per heavy atom. The van der Waals surface area contributed by atoms with Crippen LogP contribution in [0.3, 0.4) is 0 Å². The fraction of sp³-hybridized carbons (Fsp3) is 0.304. The Morgan fingerprint density at radius 1 is 1.14 bits per heavy atom. The molecule has 1 heterocycles. The smallest absolute Gasteiger partial charge is 0.295 e. The SMILES string of the molecule is CCCCN1C(=O)C(=O)C(=C(O)c2ccc(C)cc2)[C@H]1c1ccc(O)c(OC)c1. The van der Waals surface area contributed by atoms with Crippen LogP contribution in [-0.4, -0.2) is 40.5 Å². The number of aryl methyl sites for hydroxylation is 1. The Balaban J connectivity index is 2.18. The summed E-state index contributed by atoms with van der Waals surface area (Å²) in [6, 6.07) is 11.0. The van der Waals surface area contributed by atoms with Crippen molar-refractivity contribution in [3.63, 3.8) is 0 Å². The predicted molar refractivity (Wildman–Crippen MR) is 110 cm³/mol. The number of aromatic hydroxyl groups is 1. The van der Waals surface area contributed by atoms with E-state index in [4.69, 9.17) is 4.74 Å². The van der Waals surface area contributed by atoms with Gasteiger partial charge in [-0.15, -0.1) is 0 Å². The number of phenolic OH excluding ortho intramolecular Hbond substituents is 1. The molecule has 29 heavy (non-hydrogen) atoms. The number of aliphatic hydroxyl groups excluding tert-OH is 1. The molecule has 152 valence electrons. The van der Waals surface area contributed by atoms with Crippen LogP contribution in [0.1, 0.15) is 42.5 Å². The quantitative estimate of drug-likeness (QED) is 0.440. The number of Topliss-reactive ketones (excluding diaryl/α,β-unsaturated/α-hetero) is 1. The second-order valence-corrected chi connectivity index (χ2v) is 7.14. The average molecular weight is 395 g/mol. The fourth-order valence-corrected chi connectivity index (χ4v) is 3.52. The van der Waals surface area contributed by atoms with E-state index in [9.17, 15) is 19.8 Å². The summed E-state index contributed by atoms with van der Waals surface area (Å²) < 4.78 is 5.19. The number of hydrogen-bond acceptors (Lipinski definition) is 5. The van der Waals surface area contributed by atoms with Crippen LogP contribution in [0.4, 0.5) is 0 Å². The minimum atomic E-state index is -0.752. The van der Waals surface area contributed by atoms with E-state index in [0.29, 0.717) is 17.7 Å². The molecule has 2 aromatic carbocycles. The molecule has 0 saturated carbocycles. The van der Waals surface area contributed by atoms with Gasteiger partial charge in [0.05, 0.1) is 18.7 Å². The molecular formula is C23H25NO5. The predicted octanol–water partition coefficient (Wildman–Crippen LogP) is 3.93. The van der Waals surface area contributed by atoms with Gasteiger partial charge in [-0.25, -0.2) is 0 Å². The molecule has 1 saturated heterocycles. The number of carbonyl (C=O) groups excluding carboxylic acids is 2. The highest BCUT2D eigenvalue weighted by atomic mass is 16.5. The number of rotatable bonds is 6. The lowest BCUT2D eigenvalue weighted by molar-refractivity contribution is -0.139. The summed E-state index contributed by atoms with van der Waals surface area (Å²) in [5.41, 5.74) is 2.12. The van der Waals surface area contributed by atoms with E-state index < -0.39 is 17.7 Å². The number of phenols is 1. The van der Waals surface area contributed by atoms with Crippen molar-refractivity contribution in [2.24, 2.45) is 0 Å². The van der Waals surface area contributed by atoms with Gasteiger partial charge < -0.3 is 19.8 Å². The molecule has 0 aromatic heterocycles. The summed E-state index contributed by atoms with van der Waals surface area (Å²) in [7, 11) is 1.43. The van der Waals surface area contributed by atoms with E-state index in [0.717, 1.165) is 18.4 Å². The number of likely N-dealkylation sites (tertiary alicyclic amines) is 1. The number of methoxy groups -OCH3 is 1. The minimum absolute atomic E-state index is 0.0414. The third-order valence-corrected chi connectivity index (χ3v) is 5.14. The molecule has 6 nitrogen and oxygen atoms in total. The Bertz CT molecular complexity index is 962. The molecule has 1 fully saturated rings. The highest BCUT2D eigenvalue weighted by Gasteiger charge is 2.45. The van der Waals surface area contributed by atoms with Crippen LogP contribution < -0.4 is 4.74 Å². The molecule has 1 amide bonds. The highest BCUT2D eigenvalue weighted by molar-refractivity contribution is 6.46. The molecule has 0 unspecified atom stereocenters. The largest absolute Gasteiger partial charge is 0.507 e. The molecule has 3 rings (SSSR count). The summed E-state index contributed by atoms with van der Waals surface area (Å²) >= 11 is 0. The zero-order chi connectivity index (χ0) is 21.1. The van der Waals surface area contributed by atoms with Crippen LogP contribution in [0.5, 0.6) is 11.5 Å². The van der Waals surface area contributed by atoms with Crippen LogP contribution in [-0.2, 0) is 9.59 Å². The third-order valence-electron chi connectivity index (χ3n) is 5.14. The van der Waals surface area contributed by atoms with E-state index in [-0.39, 0.29) is 22.8 Å². The van der Waals surface area contributed by atoms with Crippen molar-refractivity contribution in [1.82, 2.24) is 4.90 Å². The maximum absolute atomic E-state index is 12.9. The van der Waals surface area contributed by atoms with E-state index in [1.807, 2.05) is 26.0 Å². The van der Waals surface area contributed by atoms with Crippen molar-refractivity contribution >= 4 is 17.4 Å². The molecule has 0 radical (unpaired) electrons. The number of benzene rings is 2. The number of nitrogens with zero attached hydrogens (tertiary/aromatic N) is 1. The molecule has 0 bridgehead atoms. The van der Waals surface area contributed by atoms with Crippen LogP contribution in [0.25, 0.3) is 5.76 Å². The Kier molecular flexibility index (Phi) is 5.92. The summed E-state index contributed by atoms with van der Waals surface area (Å²) in [6.07, 6.45) is 1.58. The van der Waals surface area contributed by atoms with Crippen molar-refractivity contribution in [1.29, 1.82) is 0 Å². The van der Waals surface area contributed by atoms with Crippen LogP contribution in [0, 0.1) is 6.92 Å². The molecule has 2 N–H and O–H groups in total. The highest BCUT2D eigenvalue weighted by Crippen LogP contribution is 2.41. The normalized spacial score (nSPS) is 18.3. The first-order valence-corrected chi connectivity index (χ1v) is 9.61. The average Bonchev–Trinajstić information content (AvgIpc) is 2.97. The van der Waals surface area contributed by atoms with Gasteiger partial charge in [-0.3, -0.25) is 9.59 Å². The number of ether oxygens (including phenoxy) is 1. The molecule has 1 aliphatic heterocycles. The van der Waals surface area contributed by atoms with E-state index in [1.54, 1.807) is 24.3 Å². The molecule has 1 aliphatic rings. The number of hydrogen-bond donors (Lipinski definition) is 2. The minimum Gasteiger partial charge on any atom is -0.507 e. The first kappa shape index (κ1) is 20.5. The lowest BCUT2D eigenvalue weighted by Gasteiger charge is -2.25. The van der Waals surface area contributed by atoms with E-state index >= 15 is 0 Å². The molecule has 6 heteroatoms. The Labute approximate surface area is 170 Å². The molecule has 0 aliphatic carbocycles. The summed E-state index contributed by atoms with van der Waals surface area (Å²) in [5.74, 6) is -1.36. The number of unbranched alkanes of at least 4 members (excludes halogenated alkanes) is 1. The maximum Gasteiger partial charge on any atom is 0.295 e.